The maximum Gasteiger partial charge on any atom is 0.165 e. The van der Waals surface area contributed by atoms with Crippen molar-refractivity contribution in [3.8, 4) is 11.5 Å². The summed E-state index contributed by atoms with van der Waals surface area (Å²) < 4.78 is 18.9. The van der Waals surface area contributed by atoms with Gasteiger partial charge in [0.25, 0.3) is 0 Å². The van der Waals surface area contributed by atoms with Gasteiger partial charge in [-0.05, 0) is 36.2 Å². The van der Waals surface area contributed by atoms with E-state index in [0.717, 1.165) is 23.4 Å². The minimum atomic E-state index is -0.611. The van der Waals surface area contributed by atoms with E-state index in [9.17, 15) is 4.39 Å². The van der Waals surface area contributed by atoms with Crippen LogP contribution in [0.25, 0.3) is 0 Å². The number of benzene rings is 2. The highest BCUT2D eigenvalue weighted by molar-refractivity contribution is 5.56. The topological polar surface area (TPSA) is 41.5 Å². The second-order valence-corrected chi connectivity index (χ2v) is 4.48. The van der Waals surface area contributed by atoms with Gasteiger partial charge in [0.1, 0.15) is 5.75 Å². The van der Waals surface area contributed by atoms with Crippen LogP contribution < -0.4 is 10.1 Å². The lowest BCUT2D eigenvalue weighted by atomic mass is 10.2. The molecular weight excluding hydrogens is 257 g/mol. The molecule has 0 radical (unpaired) electrons. The van der Waals surface area contributed by atoms with E-state index in [0.29, 0.717) is 13.2 Å². The number of aromatic hydroxyl groups is 1. The van der Waals surface area contributed by atoms with Crippen LogP contribution in [-0.2, 0) is 6.54 Å². The van der Waals surface area contributed by atoms with Gasteiger partial charge in [-0.25, -0.2) is 4.39 Å². The van der Waals surface area contributed by atoms with Crippen LogP contribution in [0.3, 0.4) is 0 Å². The highest BCUT2D eigenvalue weighted by Crippen LogP contribution is 2.25. The van der Waals surface area contributed by atoms with Crippen molar-refractivity contribution in [2.75, 3.05) is 11.9 Å². The quantitative estimate of drug-likeness (QED) is 0.839. The van der Waals surface area contributed by atoms with Gasteiger partial charge in [0, 0.05) is 6.54 Å². The predicted octanol–water partition coefficient (Wildman–Crippen LogP) is 3.93. The zero-order chi connectivity index (χ0) is 14.4. The summed E-state index contributed by atoms with van der Waals surface area (Å²) in [6.45, 7) is 3.17. The average molecular weight is 275 g/mol. The summed E-state index contributed by atoms with van der Waals surface area (Å²) >= 11 is 0. The van der Waals surface area contributed by atoms with Crippen molar-refractivity contribution < 1.29 is 14.2 Å². The molecule has 0 bridgehead atoms. The molecule has 0 aliphatic heterocycles. The highest BCUT2D eigenvalue weighted by atomic mass is 19.1. The van der Waals surface area contributed by atoms with Crippen molar-refractivity contribution in [2.24, 2.45) is 0 Å². The van der Waals surface area contributed by atoms with Gasteiger partial charge >= 0.3 is 0 Å². The van der Waals surface area contributed by atoms with Crippen molar-refractivity contribution in [1.29, 1.82) is 0 Å². The zero-order valence-electron chi connectivity index (χ0n) is 11.4. The molecule has 0 saturated heterocycles. The molecule has 0 saturated carbocycles. The molecule has 0 aliphatic rings. The maximum absolute atomic E-state index is 13.2. The lowest BCUT2D eigenvalue weighted by Gasteiger charge is -2.13. The Bertz CT molecular complexity index is 572. The minimum Gasteiger partial charge on any atom is -0.505 e. The summed E-state index contributed by atoms with van der Waals surface area (Å²) in [5, 5.41) is 12.4. The smallest absolute Gasteiger partial charge is 0.165 e. The molecule has 0 amide bonds. The van der Waals surface area contributed by atoms with E-state index in [1.807, 2.05) is 24.3 Å². The molecule has 0 aliphatic carbocycles. The number of para-hydroxylation sites is 2. The van der Waals surface area contributed by atoms with Crippen molar-refractivity contribution in [1.82, 2.24) is 0 Å². The van der Waals surface area contributed by atoms with Crippen LogP contribution in [0.15, 0.2) is 42.5 Å². The first-order valence-corrected chi connectivity index (χ1v) is 6.63. The highest BCUT2D eigenvalue weighted by Gasteiger charge is 2.04. The number of hydrogen-bond donors (Lipinski definition) is 2. The summed E-state index contributed by atoms with van der Waals surface area (Å²) in [5.74, 6) is -0.158. The summed E-state index contributed by atoms with van der Waals surface area (Å²) in [4.78, 5) is 0. The SMILES string of the molecule is CCCOc1ccccc1NCc1ccc(O)c(F)c1. The number of hydrogen-bond acceptors (Lipinski definition) is 3. The monoisotopic (exact) mass is 275 g/mol. The van der Waals surface area contributed by atoms with E-state index >= 15 is 0 Å². The van der Waals surface area contributed by atoms with Crippen LogP contribution in [0.1, 0.15) is 18.9 Å². The predicted molar refractivity (Wildman–Crippen MR) is 77.6 cm³/mol. The van der Waals surface area contributed by atoms with E-state index in [1.54, 1.807) is 6.07 Å². The molecule has 2 rings (SSSR count). The van der Waals surface area contributed by atoms with Gasteiger partial charge < -0.3 is 15.2 Å². The largest absolute Gasteiger partial charge is 0.505 e. The number of halogens is 1. The van der Waals surface area contributed by atoms with Crippen molar-refractivity contribution in [3.63, 3.8) is 0 Å². The van der Waals surface area contributed by atoms with E-state index < -0.39 is 5.82 Å². The van der Waals surface area contributed by atoms with Gasteiger partial charge in [-0.15, -0.1) is 0 Å². The molecule has 0 fully saturated rings. The maximum atomic E-state index is 13.2. The fourth-order valence-electron chi connectivity index (χ4n) is 1.81. The van der Waals surface area contributed by atoms with E-state index in [1.165, 1.54) is 12.1 Å². The molecule has 0 aromatic heterocycles. The van der Waals surface area contributed by atoms with Gasteiger partial charge in [-0.3, -0.25) is 0 Å². The Morgan fingerprint density at radius 3 is 2.75 bits per heavy atom. The van der Waals surface area contributed by atoms with Gasteiger partial charge in [0.05, 0.1) is 12.3 Å². The normalized spacial score (nSPS) is 10.3. The van der Waals surface area contributed by atoms with Gasteiger partial charge in [-0.1, -0.05) is 25.1 Å². The molecule has 0 atom stereocenters. The van der Waals surface area contributed by atoms with Gasteiger partial charge in [0.15, 0.2) is 11.6 Å². The third-order valence-corrected chi connectivity index (χ3v) is 2.84. The lowest BCUT2D eigenvalue weighted by Crippen LogP contribution is -2.03. The van der Waals surface area contributed by atoms with E-state index in [2.05, 4.69) is 12.2 Å². The lowest BCUT2D eigenvalue weighted by molar-refractivity contribution is 0.319. The van der Waals surface area contributed by atoms with Gasteiger partial charge in [-0.2, -0.15) is 0 Å². The zero-order valence-corrected chi connectivity index (χ0v) is 11.4. The number of rotatable bonds is 6. The summed E-state index contributed by atoms with van der Waals surface area (Å²) in [6.07, 6.45) is 0.942. The standard InChI is InChI=1S/C16H18FNO2/c1-2-9-20-16-6-4-3-5-14(16)18-11-12-7-8-15(19)13(17)10-12/h3-8,10,18-19H,2,9,11H2,1H3. The summed E-state index contributed by atoms with van der Waals surface area (Å²) in [7, 11) is 0. The molecule has 2 aromatic rings. The molecule has 4 heteroatoms. The Morgan fingerprint density at radius 1 is 1.20 bits per heavy atom. The van der Waals surface area contributed by atoms with Crippen LogP contribution in [-0.4, -0.2) is 11.7 Å². The summed E-state index contributed by atoms with van der Waals surface area (Å²) in [5.41, 5.74) is 1.63. The molecule has 2 N–H and O–H groups in total. The van der Waals surface area contributed by atoms with Crippen LogP contribution >= 0.6 is 0 Å². The number of nitrogens with one attached hydrogen (secondary N) is 1. The molecule has 0 unspecified atom stereocenters. The van der Waals surface area contributed by atoms with Crippen LogP contribution in [0, 0.1) is 5.82 Å². The Morgan fingerprint density at radius 2 is 2.00 bits per heavy atom. The molecular formula is C16H18FNO2. The first-order chi connectivity index (χ1) is 9.70. The fourth-order valence-corrected chi connectivity index (χ4v) is 1.81. The van der Waals surface area contributed by atoms with Crippen LogP contribution in [0.5, 0.6) is 11.5 Å². The molecule has 0 heterocycles. The second-order valence-electron chi connectivity index (χ2n) is 4.48. The Balaban J connectivity index is 2.04. The number of ether oxygens (including phenoxy) is 1. The van der Waals surface area contributed by atoms with Crippen LogP contribution in [0.2, 0.25) is 0 Å². The van der Waals surface area contributed by atoms with E-state index in [4.69, 9.17) is 9.84 Å². The summed E-state index contributed by atoms with van der Waals surface area (Å²) in [6, 6.07) is 12.0. The fraction of sp³-hybridized carbons (Fsp3) is 0.250. The molecule has 2 aromatic carbocycles. The Kier molecular flexibility index (Phi) is 4.82. The number of anilines is 1. The number of phenols is 1. The number of phenolic OH excluding ortho intramolecular Hbond substituents is 1. The third kappa shape index (κ3) is 3.63. The molecule has 0 spiro atoms. The van der Waals surface area contributed by atoms with Crippen LogP contribution in [0.4, 0.5) is 10.1 Å². The van der Waals surface area contributed by atoms with Crippen molar-refractivity contribution in [2.45, 2.75) is 19.9 Å². The molecule has 3 nitrogen and oxygen atoms in total. The third-order valence-electron chi connectivity index (χ3n) is 2.84. The Labute approximate surface area is 118 Å². The molecule has 20 heavy (non-hydrogen) atoms. The Hall–Kier alpha value is -2.23. The average Bonchev–Trinajstić information content (AvgIpc) is 2.47. The minimum absolute atomic E-state index is 0.333. The van der Waals surface area contributed by atoms with E-state index in [-0.39, 0.29) is 5.75 Å². The molecule has 106 valence electrons. The van der Waals surface area contributed by atoms with Crippen molar-refractivity contribution in [3.05, 3.63) is 53.8 Å². The first-order valence-electron chi connectivity index (χ1n) is 6.63. The van der Waals surface area contributed by atoms with Gasteiger partial charge in [0.2, 0.25) is 0 Å². The first kappa shape index (κ1) is 14.2. The van der Waals surface area contributed by atoms with Crippen molar-refractivity contribution >= 4 is 5.69 Å². The second kappa shape index (κ2) is 6.80.